The largest absolute Gasteiger partial charge is 0.369 e. The van der Waals surface area contributed by atoms with Crippen LogP contribution in [0.5, 0.6) is 0 Å². The molecule has 0 saturated heterocycles. The molecule has 0 radical (unpaired) electrons. The zero-order chi connectivity index (χ0) is 23.4. The third-order valence-electron chi connectivity index (χ3n) is 6.73. The minimum absolute atomic E-state index is 0.112. The number of aliphatic imine (C=N–C) groups is 1. The first-order valence-electron chi connectivity index (χ1n) is 10.6. The Kier molecular flexibility index (Phi) is 5.04. The molecule has 5 rings (SSSR count). The number of carbonyl (C=O) groups is 1. The molecule has 1 aromatic carbocycles. The summed E-state index contributed by atoms with van der Waals surface area (Å²) >= 11 is 7.66. The molecule has 166 valence electrons. The first kappa shape index (κ1) is 21.6. The quantitative estimate of drug-likeness (QED) is 0.586. The van der Waals surface area contributed by atoms with Crippen molar-refractivity contribution < 1.29 is 4.79 Å². The van der Waals surface area contributed by atoms with Crippen molar-refractivity contribution in [3.8, 4) is 17.2 Å². The lowest BCUT2D eigenvalue weighted by Gasteiger charge is -2.40. The lowest BCUT2D eigenvalue weighted by Crippen LogP contribution is -2.52. The van der Waals surface area contributed by atoms with Crippen molar-refractivity contribution >= 4 is 34.8 Å². The van der Waals surface area contributed by atoms with E-state index in [1.807, 2.05) is 48.7 Å². The van der Waals surface area contributed by atoms with Crippen molar-refractivity contribution in [3.05, 3.63) is 75.2 Å². The molecule has 3 aromatic rings. The van der Waals surface area contributed by atoms with Gasteiger partial charge in [0.2, 0.25) is 5.91 Å². The first-order chi connectivity index (χ1) is 15.8. The molecule has 1 aliphatic carbocycles. The Labute approximate surface area is 201 Å². The fourth-order valence-electron chi connectivity index (χ4n) is 4.50. The van der Waals surface area contributed by atoms with E-state index in [1.165, 1.54) is 16.2 Å². The lowest BCUT2D eigenvalue weighted by molar-refractivity contribution is -0.130. The van der Waals surface area contributed by atoms with E-state index in [9.17, 15) is 10.1 Å². The van der Waals surface area contributed by atoms with Crippen LogP contribution in [0.25, 0.3) is 11.1 Å². The predicted molar refractivity (Wildman–Crippen MR) is 130 cm³/mol. The van der Waals surface area contributed by atoms with Crippen LogP contribution in [0.2, 0.25) is 5.02 Å². The van der Waals surface area contributed by atoms with Crippen LogP contribution in [0, 0.1) is 11.3 Å². The molecule has 1 aliphatic heterocycles. The average molecular weight is 476 g/mol. The number of nitrogens with two attached hydrogens (primary N) is 1. The number of amides is 1. The number of halogens is 1. The van der Waals surface area contributed by atoms with Crippen molar-refractivity contribution in [2.24, 2.45) is 10.7 Å². The molecule has 1 amide bonds. The Morgan fingerprint density at radius 1 is 1.21 bits per heavy atom. The maximum Gasteiger partial charge on any atom is 0.239 e. The summed E-state index contributed by atoms with van der Waals surface area (Å²) in [5.74, 6) is -0.472. The van der Waals surface area contributed by atoms with Gasteiger partial charge in [-0.1, -0.05) is 35.9 Å². The topological polar surface area (TPSA) is 95.4 Å². The summed E-state index contributed by atoms with van der Waals surface area (Å²) in [7, 11) is 1.65. The van der Waals surface area contributed by atoms with E-state index in [1.54, 1.807) is 19.4 Å². The zero-order valence-electron chi connectivity index (χ0n) is 18.2. The third-order valence-corrected chi connectivity index (χ3v) is 8.09. The van der Waals surface area contributed by atoms with E-state index >= 15 is 0 Å². The summed E-state index contributed by atoms with van der Waals surface area (Å²) in [4.78, 5) is 24.8. The second-order valence-corrected chi connectivity index (χ2v) is 10.2. The van der Waals surface area contributed by atoms with Crippen molar-refractivity contribution in [2.75, 3.05) is 7.05 Å². The molecule has 0 unspecified atom stereocenters. The highest BCUT2D eigenvalue weighted by atomic mass is 35.5. The van der Waals surface area contributed by atoms with E-state index < -0.39 is 11.5 Å². The number of pyridine rings is 1. The van der Waals surface area contributed by atoms with Gasteiger partial charge in [-0.2, -0.15) is 5.26 Å². The molecule has 2 aliphatic rings. The van der Waals surface area contributed by atoms with Crippen molar-refractivity contribution in [3.63, 3.8) is 0 Å². The highest BCUT2D eigenvalue weighted by molar-refractivity contribution is 7.10. The zero-order valence-corrected chi connectivity index (χ0v) is 19.8. The van der Waals surface area contributed by atoms with Gasteiger partial charge in [-0.15, -0.1) is 11.3 Å². The van der Waals surface area contributed by atoms with Gasteiger partial charge in [0.05, 0.1) is 22.4 Å². The summed E-state index contributed by atoms with van der Waals surface area (Å²) < 4.78 is 0. The minimum Gasteiger partial charge on any atom is -0.369 e. The van der Waals surface area contributed by atoms with Crippen molar-refractivity contribution in [2.45, 2.75) is 36.6 Å². The van der Waals surface area contributed by atoms with Gasteiger partial charge in [0.25, 0.3) is 0 Å². The molecule has 2 aromatic heterocycles. The smallest absolute Gasteiger partial charge is 0.239 e. The molecule has 1 saturated carbocycles. The maximum absolute atomic E-state index is 13.5. The van der Waals surface area contributed by atoms with Gasteiger partial charge in [0, 0.05) is 29.9 Å². The number of hydrogen-bond donors (Lipinski definition) is 1. The lowest BCUT2D eigenvalue weighted by atomic mass is 9.77. The Morgan fingerprint density at radius 2 is 1.94 bits per heavy atom. The minimum atomic E-state index is -0.878. The highest BCUT2D eigenvalue weighted by Crippen LogP contribution is 2.50. The van der Waals surface area contributed by atoms with Crippen LogP contribution in [-0.4, -0.2) is 28.8 Å². The van der Waals surface area contributed by atoms with E-state index in [0.717, 1.165) is 40.0 Å². The third kappa shape index (κ3) is 3.50. The molecule has 2 N–H and O–H groups in total. The Morgan fingerprint density at radius 3 is 2.58 bits per heavy atom. The first-order valence-corrected chi connectivity index (χ1v) is 11.9. The van der Waals surface area contributed by atoms with Gasteiger partial charge in [-0.3, -0.25) is 14.7 Å². The van der Waals surface area contributed by atoms with Crippen LogP contribution in [0.3, 0.4) is 0 Å². The van der Waals surface area contributed by atoms with Crippen LogP contribution in [-0.2, 0) is 15.7 Å². The van der Waals surface area contributed by atoms with E-state index in [2.05, 4.69) is 11.1 Å². The summed E-state index contributed by atoms with van der Waals surface area (Å²) in [5.41, 5.74) is 8.63. The summed E-state index contributed by atoms with van der Waals surface area (Å²) in [6.45, 7) is 1.95. The molecule has 3 heterocycles. The molecule has 2 atom stereocenters. The Bertz CT molecular complexity index is 1320. The van der Waals surface area contributed by atoms with Crippen LogP contribution in [0.15, 0.2) is 59.2 Å². The molecule has 8 heteroatoms. The number of rotatable bonds is 4. The average Bonchev–Trinajstić information content (AvgIpc) is 3.44. The van der Waals surface area contributed by atoms with Crippen LogP contribution in [0.1, 0.15) is 41.7 Å². The second kappa shape index (κ2) is 7.68. The highest BCUT2D eigenvalue weighted by Gasteiger charge is 2.49. The molecule has 0 bridgehead atoms. The van der Waals surface area contributed by atoms with E-state index in [0.29, 0.717) is 5.02 Å². The standard InChI is InChI=1S/C25H22ClN5OS/c1-24(20-10-17(13-33-20)16-9-19(26)12-29-11-16)21(22(32)31(2)23(28)30-24)15-3-5-18(6-4-15)25(14-27)7-8-25/h3-6,9-13,21H,7-8H2,1-2H3,(H2,28,30)/t21-,24-/m1/s1. The molecule has 33 heavy (non-hydrogen) atoms. The summed E-state index contributed by atoms with van der Waals surface area (Å²) in [5, 5.41) is 12.1. The van der Waals surface area contributed by atoms with Gasteiger partial charge in [0.1, 0.15) is 5.54 Å². The fraction of sp³-hybridized carbons (Fsp3) is 0.280. The number of nitriles is 1. The fourth-order valence-corrected chi connectivity index (χ4v) is 5.73. The molecular weight excluding hydrogens is 454 g/mol. The van der Waals surface area contributed by atoms with Crippen molar-refractivity contribution in [1.82, 2.24) is 9.88 Å². The Balaban J connectivity index is 1.58. The van der Waals surface area contributed by atoms with Crippen LogP contribution < -0.4 is 5.73 Å². The van der Waals surface area contributed by atoms with Gasteiger partial charge in [0.15, 0.2) is 5.96 Å². The normalized spacial score (nSPS) is 23.7. The second-order valence-electron chi connectivity index (χ2n) is 8.86. The number of guanidine groups is 1. The maximum atomic E-state index is 13.5. The van der Waals surface area contributed by atoms with E-state index in [4.69, 9.17) is 22.3 Å². The molecule has 6 nitrogen and oxygen atoms in total. The summed E-state index contributed by atoms with van der Waals surface area (Å²) in [6.07, 6.45) is 5.11. The molecule has 1 fully saturated rings. The van der Waals surface area contributed by atoms with Crippen molar-refractivity contribution in [1.29, 1.82) is 5.26 Å². The number of benzene rings is 1. The Hall–Kier alpha value is -3.21. The number of nitrogens with zero attached hydrogens (tertiary/aromatic N) is 4. The number of aromatic nitrogens is 1. The van der Waals surface area contributed by atoms with E-state index in [-0.39, 0.29) is 17.3 Å². The molecule has 0 spiro atoms. The number of likely N-dealkylation sites (N-methyl/N-ethyl adjacent to an activating group) is 1. The monoisotopic (exact) mass is 475 g/mol. The number of thiophene rings is 1. The number of hydrogen-bond acceptors (Lipinski definition) is 6. The predicted octanol–water partition coefficient (Wildman–Crippen LogP) is 4.80. The van der Waals surface area contributed by atoms with Gasteiger partial charge in [-0.05, 0) is 54.0 Å². The van der Waals surface area contributed by atoms with Gasteiger partial charge in [-0.25, -0.2) is 4.99 Å². The van der Waals surface area contributed by atoms with Gasteiger partial charge < -0.3 is 5.73 Å². The summed E-state index contributed by atoms with van der Waals surface area (Å²) in [6, 6.07) is 14.2. The molecular formula is C25H22ClN5OS. The van der Waals surface area contributed by atoms with Gasteiger partial charge >= 0.3 is 0 Å². The number of carbonyl (C=O) groups excluding carboxylic acids is 1. The van der Waals surface area contributed by atoms with Crippen LogP contribution >= 0.6 is 22.9 Å². The SMILES string of the molecule is CN1C(=O)[C@@H](c2ccc(C3(C#N)CC3)cc2)[C@@](C)(c2cc(-c3cncc(Cl)c3)cs2)N=C1N. The van der Waals surface area contributed by atoms with Crippen LogP contribution in [0.4, 0.5) is 0 Å².